The van der Waals surface area contributed by atoms with E-state index in [2.05, 4.69) is 48.8 Å². The van der Waals surface area contributed by atoms with Crippen LogP contribution in [0.4, 0.5) is 5.69 Å². The maximum atomic E-state index is 13.3. The summed E-state index contributed by atoms with van der Waals surface area (Å²) in [5.74, 6) is -0.356. The molecule has 1 saturated heterocycles. The van der Waals surface area contributed by atoms with Gasteiger partial charge in [0.15, 0.2) is 0 Å². The van der Waals surface area contributed by atoms with Gasteiger partial charge in [-0.05, 0) is 67.6 Å². The lowest BCUT2D eigenvalue weighted by Gasteiger charge is -2.32. The zero-order valence-corrected chi connectivity index (χ0v) is 24.5. The van der Waals surface area contributed by atoms with Crippen LogP contribution in [0.5, 0.6) is 0 Å². The first-order chi connectivity index (χ1) is 21.9. The number of likely N-dealkylation sites (tertiary alicyclic amines) is 1. The summed E-state index contributed by atoms with van der Waals surface area (Å²) in [6.07, 6.45) is 7.35. The van der Waals surface area contributed by atoms with E-state index in [9.17, 15) is 14.9 Å². The van der Waals surface area contributed by atoms with Gasteiger partial charge in [-0.1, -0.05) is 40.8 Å². The molecule has 1 aliphatic rings. The van der Waals surface area contributed by atoms with Crippen LogP contribution in [-0.4, -0.2) is 69.8 Å². The molecule has 0 saturated carbocycles. The average molecular weight is 603 g/mol. The van der Waals surface area contributed by atoms with E-state index in [1.807, 2.05) is 47.4 Å². The summed E-state index contributed by atoms with van der Waals surface area (Å²) in [6, 6.07) is 19.7. The number of piperidine rings is 1. The SMILES string of the molecule is C[C@@H](c1cccc2cnccc12)n1cc(CN2CCCC(NC(=O)c3ccc(-n4nnc5ccccc54)c([N+](=O)[O-])c3)C2)nn1. The van der Waals surface area contributed by atoms with Crippen LogP contribution < -0.4 is 5.32 Å². The van der Waals surface area contributed by atoms with Crippen LogP contribution >= 0.6 is 0 Å². The number of rotatable bonds is 8. The van der Waals surface area contributed by atoms with E-state index in [1.165, 1.54) is 10.7 Å². The Morgan fingerprint density at radius 3 is 2.87 bits per heavy atom. The number of carbonyl (C=O) groups excluding carboxylic acids is 1. The molecule has 0 spiro atoms. The highest BCUT2D eigenvalue weighted by Gasteiger charge is 2.26. The normalized spacial score (nSPS) is 16.2. The molecule has 0 aliphatic carbocycles. The van der Waals surface area contributed by atoms with Gasteiger partial charge in [0, 0.05) is 48.5 Å². The smallest absolute Gasteiger partial charge is 0.295 e. The molecule has 45 heavy (non-hydrogen) atoms. The van der Waals surface area contributed by atoms with Gasteiger partial charge < -0.3 is 5.32 Å². The quantitative estimate of drug-likeness (QED) is 0.197. The first kappa shape index (κ1) is 28.2. The largest absolute Gasteiger partial charge is 0.348 e. The lowest BCUT2D eigenvalue weighted by Crippen LogP contribution is -2.47. The summed E-state index contributed by atoms with van der Waals surface area (Å²) in [6.45, 7) is 4.21. The van der Waals surface area contributed by atoms with Crippen molar-refractivity contribution in [2.75, 3.05) is 13.1 Å². The number of para-hydroxylation sites is 1. The van der Waals surface area contributed by atoms with Crippen molar-refractivity contribution in [1.29, 1.82) is 0 Å². The Kier molecular flexibility index (Phi) is 7.43. The van der Waals surface area contributed by atoms with Gasteiger partial charge >= 0.3 is 0 Å². The number of nitrogens with zero attached hydrogens (tertiary/aromatic N) is 9. The number of nitrogens with one attached hydrogen (secondary N) is 1. The van der Waals surface area contributed by atoms with Gasteiger partial charge in [0.1, 0.15) is 11.2 Å². The minimum Gasteiger partial charge on any atom is -0.348 e. The van der Waals surface area contributed by atoms with Crippen molar-refractivity contribution in [1.82, 2.24) is 45.2 Å². The van der Waals surface area contributed by atoms with E-state index in [0.717, 1.165) is 41.4 Å². The van der Waals surface area contributed by atoms with Gasteiger partial charge in [-0.15, -0.1) is 10.2 Å². The number of fused-ring (bicyclic) bond motifs is 2. The summed E-state index contributed by atoms with van der Waals surface area (Å²) < 4.78 is 3.30. The van der Waals surface area contributed by atoms with Crippen molar-refractivity contribution in [3.05, 3.63) is 112 Å². The molecule has 0 bridgehead atoms. The molecular weight excluding hydrogens is 572 g/mol. The van der Waals surface area contributed by atoms with Crippen molar-refractivity contribution >= 4 is 33.4 Å². The van der Waals surface area contributed by atoms with Crippen LogP contribution in [0.15, 0.2) is 85.3 Å². The number of hydrogen-bond donors (Lipinski definition) is 1. The number of benzene rings is 3. The molecule has 6 aromatic rings. The third-order valence-corrected chi connectivity index (χ3v) is 8.36. The summed E-state index contributed by atoms with van der Waals surface area (Å²) in [5.41, 5.74) is 3.50. The number of nitro groups is 1. The molecular formula is C32H30N10O3. The maximum Gasteiger partial charge on any atom is 0.295 e. The first-order valence-electron chi connectivity index (χ1n) is 14.8. The Hall–Kier alpha value is -5.56. The van der Waals surface area contributed by atoms with Crippen LogP contribution in [0, 0.1) is 10.1 Å². The van der Waals surface area contributed by atoms with Gasteiger partial charge in [-0.25, -0.2) is 9.36 Å². The van der Waals surface area contributed by atoms with Gasteiger partial charge in [0.05, 0.1) is 28.4 Å². The topological polar surface area (TPSA) is 150 Å². The third-order valence-electron chi connectivity index (χ3n) is 8.36. The predicted octanol–water partition coefficient (Wildman–Crippen LogP) is 4.47. The molecule has 7 rings (SSSR count). The van der Waals surface area contributed by atoms with Crippen LogP contribution in [0.1, 0.15) is 47.4 Å². The van der Waals surface area contributed by atoms with E-state index in [4.69, 9.17) is 0 Å². The number of amides is 1. The molecule has 1 aliphatic heterocycles. The lowest BCUT2D eigenvalue weighted by atomic mass is 10.0. The Morgan fingerprint density at radius 1 is 1.09 bits per heavy atom. The second-order valence-corrected chi connectivity index (χ2v) is 11.3. The summed E-state index contributed by atoms with van der Waals surface area (Å²) in [5, 5.41) is 34.4. The Labute approximate surface area is 257 Å². The van der Waals surface area contributed by atoms with Crippen molar-refractivity contribution in [2.24, 2.45) is 0 Å². The molecule has 4 heterocycles. The minimum absolute atomic E-state index is 0.00975. The zero-order valence-electron chi connectivity index (χ0n) is 24.5. The van der Waals surface area contributed by atoms with Crippen LogP contribution in [-0.2, 0) is 6.54 Å². The van der Waals surface area contributed by atoms with E-state index >= 15 is 0 Å². The lowest BCUT2D eigenvalue weighted by molar-refractivity contribution is -0.384. The van der Waals surface area contributed by atoms with Crippen LogP contribution in [0.3, 0.4) is 0 Å². The summed E-state index contributed by atoms with van der Waals surface area (Å²) in [4.78, 5) is 31.2. The Balaban J connectivity index is 1.02. The van der Waals surface area contributed by atoms with Gasteiger partial charge in [-0.2, -0.15) is 0 Å². The standard InChI is InChI=1S/C32H30N10O3/c1-21(26-8-4-6-23-17-33-14-13-27(23)26)40-20-25(35-37-40)19-39-15-5-7-24(18-39)34-32(43)22-11-12-30(31(16-22)42(44)45)41-29-10-3-2-9-28(29)36-38-41/h2-4,6,8-14,16-17,20-21,24H,5,7,15,18-19H2,1H3,(H,34,43)/t21-,24?/m0/s1. The van der Waals surface area contributed by atoms with E-state index in [-0.39, 0.29) is 34.9 Å². The highest BCUT2D eigenvalue weighted by atomic mass is 16.6. The third kappa shape index (κ3) is 5.60. The van der Waals surface area contributed by atoms with Crippen molar-refractivity contribution in [3.8, 4) is 5.69 Å². The average Bonchev–Trinajstić information content (AvgIpc) is 3.71. The minimum atomic E-state index is -0.504. The fourth-order valence-corrected chi connectivity index (χ4v) is 6.08. The fourth-order valence-electron chi connectivity index (χ4n) is 6.08. The monoisotopic (exact) mass is 602 g/mol. The van der Waals surface area contributed by atoms with Crippen molar-refractivity contribution in [2.45, 2.75) is 38.4 Å². The molecule has 13 heteroatoms. The summed E-state index contributed by atoms with van der Waals surface area (Å²) >= 11 is 0. The molecule has 3 aromatic heterocycles. The van der Waals surface area contributed by atoms with E-state index < -0.39 is 4.92 Å². The van der Waals surface area contributed by atoms with Gasteiger partial charge in [-0.3, -0.25) is 24.8 Å². The summed E-state index contributed by atoms with van der Waals surface area (Å²) in [7, 11) is 0. The Morgan fingerprint density at radius 2 is 1.98 bits per heavy atom. The van der Waals surface area contributed by atoms with Crippen LogP contribution in [0.25, 0.3) is 27.5 Å². The van der Waals surface area contributed by atoms with E-state index in [1.54, 1.807) is 30.5 Å². The number of pyridine rings is 1. The Bertz CT molecular complexity index is 2030. The highest BCUT2D eigenvalue weighted by molar-refractivity contribution is 5.95. The number of aromatic nitrogens is 7. The molecule has 1 N–H and O–H groups in total. The molecule has 226 valence electrons. The van der Waals surface area contributed by atoms with Crippen molar-refractivity contribution in [3.63, 3.8) is 0 Å². The second kappa shape index (κ2) is 11.8. The predicted molar refractivity (Wildman–Crippen MR) is 167 cm³/mol. The molecule has 0 radical (unpaired) electrons. The highest BCUT2D eigenvalue weighted by Crippen LogP contribution is 2.28. The number of hydrogen-bond acceptors (Lipinski definition) is 9. The number of nitro benzene ring substituents is 1. The molecule has 13 nitrogen and oxygen atoms in total. The second-order valence-electron chi connectivity index (χ2n) is 11.3. The zero-order chi connectivity index (χ0) is 30.9. The first-order valence-corrected chi connectivity index (χ1v) is 14.8. The van der Waals surface area contributed by atoms with Gasteiger partial charge in [0.25, 0.3) is 11.6 Å². The van der Waals surface area contributed by atoms with Crippen molar-refractivity contribution < 1.29 is 9.72 Å². The maximum absolute atomic E-state index is 13.3. The molecule has 1 amide bonds. The number of carbonyl (C=O) groups is 1. The van der Waals surface area contributed by atoms with Crippen LogP contribution in [0.2, 0.25) is 0 Å². The fraction of sp³-hybridized carbons (Fsp3) is 0.250. The van der Waals surface area contributed by atoms with E-state index in [0.29, 0.717) is 24.1 Å². The molecule has 3 aromatic carbocycles. The molecule has 1 unspecified atom stereocenters. The van der Waals surface area contributed by atoms with Gasteiger partial charge in [0.2, 0.25) is 0 Å². The molecule has 2 atom stereocenters. The molecule has 1 fully saturated rings.